The van der Waals surface area contributed by atoms with Crippen LogP contribution in [0.1, 0.15) is 59.8 Å². The highest BCUT2D eigenvalue weighted by molar-refractivity contribution is 5.83. The van der Waals surface area contributed by atoms with Gasteiger partial charge in [-0.25, -0.2) is 0 Å². The average Bonchev–Trinajstić information content (AvgIpc) is 2.34. The highest BCUT2D eigenvalue weighted by Crippen LogP contribution is 2.43. The quantitative estimate of drug-likeness (QED) is 0.604. The second-order valence-corrected chi connectivity index (χ2v) is 5.12. The average molecular weight is 281 g/mol. The first kappa shape index (κ1) is 18.3. The van der Waals surface area contributed by atoms with Gasteiger partial charge in [0.1, 0.15) is 5.41 Å². The highest BCUT2D eigenvalue weighted by Gasteiger charge is 2.56. The molecule has 1 unspecified atom stereocenters. The Bertz CT molecular complexity index is 274. The lowest BCUT2D eigenvalue weighted by molar-refractivity contribution is -0.224. The number of alkyl halides is 3. The van der Waals surface area contributed by atoms with Crippen LogP contribution >= 0.6 is 0 Å². The van der Waals surface area contributed by atoms with Gasteiger partial charge in [-0.1, -0.05) is 32.6 Å². The molecule has 0 aliphatic carbocycles. The van der Waals surface area contributed by atoms with Crippen molar-refractivity contribution in [1.82, 2.24) is 4.90 Å². The van der Waals surface area contributed by atoms with Crippen molar-refractivity contribution in [2.45, 2.75) is 66.0 Å². The van der Waals surface area contributed by atoms with Crippen LogP contribution in [0.2, 0.25) is 0 Å². The Labute approximate surface area is 114 Å². The van der Waals surface area contributed by atoms with Crippen LogP contribution in [0.3, 0.4) is 0 Å². The van der Waals surface area contributed by atoms with E-state index < -0.39 is 17.5 Å². The molecular formula is C14H26F3NO. The minimum atomic E-state index is -4.49. The lowest BCUT2D eigenvalue weighted by Crippen LogP contribution is -2.50. The third-order valence-electron chi connectivity index (χ3n) is 3.68. The molecule has 0 radical (unpaired) electrons. The molecule has 0 aromatic heterocycles. The first-order valence-electron chi connectivity index (χ1n) is 7.10. The van der Waals surface area contributed by atoms with E-state index in [-0.39, 0.29) is 6.42 Å². The number of unbranched alkanes of at least 4 members (excludes halogenated alkanes) is 3. The molecule has 0 spiro atoms. The number of carbonyl (C=O) groups is 1. The van der Waals surface area contributed by atoms with E-state index in [0.29, 0.717) is 19.5 Å². The molecular weight excluding hydrogens is 255 g/mol. The number of carbonyl (C=O) groups excluding carboxylic acids is 1. The molecule has 0 fully saturated rings. The summed E-state index contributed by atoms with van der Waals surface area (Å²) >= 11 is 0. The molecule has 0 aromatic rings. The van der Waals surface area contributed by atoms with Gasteiger partial charge in [0.2, 0.25) is 5.91 Å². The topological polar surface area (TPSA) is 20.3 Å². The van der Waals surface area contributed by atoms with Gasteiger partial charge in [0.15, 0.2) is 0 Å². The molecule has 1 atom stereocenters. The Balaban J connectivity index is 4.92. The Morgan fingerprint density at radius 3 is 1.89 bits per heavy atom. The Hall–Kier alpha value is -0.740. The molecule has 0 aliphatic heterocycles. The monoisotopic (exact) mass is 281 g/mol. The van der Waals surface area contributed by atoms with Crippen molar-refractivity contribution in [3.8, 4) is 0 Å². The molecule has 1 amide bonds. The van der Waals surface area contributed by atoms with Gasteiger partial charge in [-0.3, -0.25) is 4.79 Å². The molecule has 114 valence electrons. The number of nitrogens with zero attached hydrogens (tertiary/aromatic N) is 1. The molecule has 0 rings (SSSR count). The molecule has 0 saturated carbocycles. The third kappa shape index (κ3) is 4.69. The first-order chi connectivity index (χ1) is 8.74. The van der Waals surface area contributed by atoms with Gasteiger partial charge < -0.3 is 4.90 Å². The molecule has 5 heteroatoms. The van der Waals surface area contributed by atoms with E-state index >= 15 is 0 Å². The van der Waals surface area contributed by atoms with E-state index in [4.69, 9.17) is 0 Å². The highest BCUT2D eigenvalue weighted by atomic mass is 19.4. The second kappa shape index (κ2) is 7.75. The van der Waals surface area contributed by atoms with Gasteiger partial charge in [-0.15, -0.1) is 0 Å². The molecule has 2 nitrogen and oxygen atoms in total. The lowest BCUT2D eigenvalue weighted by Gasteiger charge is -2.35. The Morgan fingerprint density at radius 1 is 1.00 bits per heavy atom. The van der Waals surface area contributed by atoms with Crippen molar-refractivity contribution in [1.29, 1.82) is 0 Å². The van der Waals surface area contributed by atoms with Crippen LogP contribution in [0, 0.1) is 5.41 Å². The standard InChI is InChI=1S/C14H26F3NO/c1-5-8-9-10-11-13(4,14(15,16)17)12(19)18(6-2)7-3/h5-11H2,1-4H3. The van der Waals surface area contributed by atoms with Crippen molar-refractivity contribution in [3.05, 3.63) is 0 Å². The van der Waals surface area contributed by atoms with Crippen LogP contribution in [0.4, 0.5) is 13.2 Å². The zero-order valence-electron chi connectivity index (χ0n) is 12.4. The van der Waals surface area contributed by atoms with Crippen LogP contribution in [-0.4, -0.2) is 30.1 Å². The SMILES string of the molecule is CCCCCCC(C)(C(=O)N(CC)CC)C(F)(F)F. The zero-order chi connectivity index (χ0) is 15.1. The lowest BCUT2D eigenvalue weighted by atomic mass is 9.82. The zero-order valence-corrected chi connectivity index (χ0v) is 12.4. The van der Waals surface area contributed by atoms with Gasteiger partial charge in [-0.2, -0.15) is 13.2 Å². The van der Waals surface area contributed by atoms with Crippen LogP contribution in [0.25, 0.3) is 0 Å². The summed E-state index contributed by atoms with van der Waals surface area (Å²) in [5.74, 6) is -0.790. The predicted octanol–water partition coefficient (Wildman–Crippen LogP) is 4.39. The van der Waals surface area contributed by atoms with E-state index in [0.717, 1.165) is 26.2 Å². The fourth-order valence-electron chi connectivity index (χ4n) is 2.14. The second-order valence-electron chi connectivity index (χ2n) is 5.12. The van der Waals surface area contributed by atoms with Crippen LogP contribution < -0.4 is 0 Å². The molecule has 0 saturated heterocycles. The summed E-state index contributed by atoms with van der Waals surface area (Å²) in [5, 5.41) is 0. The summed E-state index contributed by atoms with van der Waals surface area (Å²) in [5.41, 5.74) is -2.24. The van der Waals surface area contributed by atoms with Gasteiger partial charge in [0.25, 0.3) is 0 Å². The number of hydrogen-bond acceptors (Lipinski definition) is 1. The number of amides is 1. The van der Waals surface area contributed by atoms with Crippen LogP contribution in [0.5, 0.6) is 0 Å². The van der Waals surface area contributed by atoms with E-state index in [2.05, 4.69) is 0 Å². The minimum Gasteiger partial charge on any atom is -0.342 e. The van der Waals surface area contributed by atoms with Crippen LogP contribution in [0.15, 0.2) is 0 Å². The summed E-state index contributed by atoms with van der Waals surface area (Å²) in [6.07, 6.45) is -1.55. The van der Waals surface area contributed by atoms with E-state index in [1.54, 1.807) is 13.8 Å². The molecule has 0 aliphatic rings. The fraction of sp³-hybridized carbons (Fsp3) is 0.929. The summed E-state index contributed by atoms with van der Waals surface area (Å²) in [6.45, 7) is 7.08. The maximum Gasteiger partial charge on any atom is 0.402 e. The number of rotatable bonds is 8. The van der Waals surface area contributed by atoms with Crippen molar-refractivity contribution in [3.63, 3.8) is 0 Å². The van der Waals surface area contributed by atoms with Crippen molar-refractivity contribution >= 4 is 5.91 Å². The van der Waals surface area contributed by atoms with Gasteiger partial charge in [0, 0.05) is 13.1 Å². The van der Waals surface area contributed by atoms with Gasteiger partial charge in [0.05, 0.1) is 0 Å². The normalized spacial score (nSPS) is 15.1. The molecule has 0 bridgehead atoms. The van der Waals surface area contributed by atoms with E-state index in [1.807, 2.05) is 6.92 Å². The smallest absolute Gasteiger partial charge is 0.342 e. The Morgan fingerprint density at radius 2 is 1.53 bits per heavy atom. The molecule has 0 aromatic carbocycles. The maximum absolute atomic E-state index is 13.2. The third-order valence-corrected chi connectivity index (χ3v) is 3.68. The van der Waals surface area contributed by atoms with Gasteiger partial charge >= 0.3 is 6.18 Å². The fourth-order valence-corrected chi connectivity index (χ4v) is 2.14. The molecule has 19 heavy (non-hydrogen) atoms. The van der Waals surface area contributed by atoms with Crippen molar-refractivity contribution < 1.29 is 18.0 Å². The van der Waals surface area contributed by atoms with Crippen LogP contribution in [-0.2, 0) is 4.79 Å². The number of hydrogen-bond donors (Lipinski definition) is 0. The minimum absolute atomic E-state index is 0.119. The summed E-state index contributed by atoms with van der Waals surface area (Å²) in [6, 6.07) is 0. The summed E-state index contributed by atoms with van der Waals surface area (Å²) in [4.78, 5) is 13.4. The van der Waals surface area contributed by atoms with Crippen molar-refractivity contribution in [2.24, 2.45) is 5.41 Å². The van der Waals surface area contributed by atoms with E-state index in [1.165, 1.54) is 4.90 Å². The van der Waals surface area contributed by atoms with Crippen molar-refractivity contribution in [2.75, 3.05) is 13.1 Å². The number of halogens is 3. The largest absolute Gasteiger partial charge is 0.402 e. The summed E-state index contributed by atoms with van der Waals surface area (Å²) < 4.78 is 39.7. The maximum atomic E-state index is 13.2. The predicted molar refractivity (Wildman–Crippen MR) is 70.8 cm³/mol. The first-order valence-corrected chi connectivity index (χ1v) is 7.10. The van der Waals surface area contributed by atoms with E-state index in [9.17, 15) is 18.0 Å². The molecule has 0 N–H and O–H groups in total. The van der Waals surface area contributed by atoms with Gasteiger partial charge in [-0.05, 0) is 27.2 Å². The Kier molecular flexibility index (Phi) is 7.45. The summed E-state index contributed by atoms with van der Waals surface area (Å²) in [7, 11) is 0. The molecule has 0 heterocycles.